The molecule has 20 heavy (non-hydrogen) atoms. The molecule has 2 heterocycles. The Bertz CT molecular complexity index is 427. The third-order valence-electron chi connectivity index (χ3n) is 3.42. The van der Waals surface area contributed by atoms with Crippen molar-refractivity contribution in [3.8, 4) is 0 Å². The average molecular weight is 280 g/mol. The van der Waals surface area contributed by atoms with E-state index in [1.807, 2.05) is 24.0 Å². The van der Waals surface area contributed by atoms with Crippen LogP contribution in [0.4, 0.5) is 0 Å². The number of aromatic nitrogens is 2. The summed E-state index contributed by atoms with van der Waals surface area (Å²) in [6, 6.07) is 0.469. The lowest BCUT2D eigenvalue weighted by Crippen LogP contribution is -2.45. The lowest BCUT2D eigenvalue weighted by molar-refractivity contribution is -0.121. The van der Waals surface area contributed by atoms with Gasteiger partial charge in [-0.05, 0) is 32.3 Å². The van der Waals surface area contributed by atoms with Crippen LogP contribution >= 0.6 is 0 Å². The Morgan fingerprint density at radius 3 is 2.95 bits per heavy atom. The Morgan fingerprint density at radius 1 is 1.55 bits per heavy atom. The van der Waals surface area contributed by atoms with Crippen molar-refractivity contribution in [3.63, 3.8) is 0 Å². The lowest BCUT2D eigenvalue weighted by atomic mass is 10.1. The van der Waals surface area contributed by atoms with Crippen molar-refractivity contribution >= 4 is 5.91 Å². The van der Waals surface area contributed by atoms with Crippen LogP contribution in [0.3, 0.4) is 0 Å². The Labute approximate surface area is 119 Å². The zero-order valence-corrected chi connectivity index (χ0v) is 12.3. The molecule has 0 spiro atoms. The molecule has 1 aliphatic heterocycles. The number of amides is 1. The molecule has 0 saturated carbocycles. The highest BCUT2D eigenvalue weighted by Gasteiger charge is 2.16. The van der Waals surface area contributed by atoms with E-state index < -0.39 is 0 Å². The van der Waals surface area contributed by atoms with E-state index in [0.29, 0.717) is 6.54 Å². The van der Waals surface area contributed by atoms with Crippen LogP contribution in [0, 0.1) is 6.92 Å². The molecular formula is C14H24N4O2. The maximum Gasteiger partial charge on any atom is 0.234 e. The van der Waals surface area contributed by atoms with E-state index in [9.17, 15) is 4.79 Å². The third kappa shape index (κ3) is 4.94. The van der Waals surface area contributed by atoms with Gasteiger partial charge >= 0.3 is 0 Å². The maximum absolute atomic E-state index is 11.8. The van der Waals surface area contributed by atoms with Crippen LogP contribution < -0.4 is 10.6 Å². The van der Waals surface area contributed by atoms with E-state index in [0.717, 1.165) is 38.2 Å². The van der Waals surface area contributed by atoms with Crippen LogP contribution in [0.1, 0.15) is 25.3 Å². The molecule has 6 nitrogen and oxygen atoms in total. The topological polar surface area (TPSA) is 68.2 Å². The van der Waals surface area contributed by atoms with Gasteiger partial charge in [0.15, 0.2) is 0 Å². The van der Waals surface area contributed by atoms with Crippen molar-refractivity contribution in [2.75, 3.05) is 19.8 Å². The van der Waals surface area contributed by atoms with Crippen LogP contribution in [0.2, 0.25) is 0 Å². The highest BCUT2D eigenvalue weighted by atomic mass is 16.5. The Hall–Kier alpha value is -1.40. The van der Waals surface area contributed by atoms with E-state index in [2.05, 4.69) is 22.7 Å². The van der Waals surface area contributed by atoms with Crippen LogP contribution in [0.25, 0.3) is 0 Å². The minimum Gasteiger partial charge on any atom is -0.381 e. The molecule has 2 N–H and O–H groups in total. The zero-order chi connectivity index (χ0) is 14.4. The van der Waals surface area contributed by atoms with Gasteiger partial charge in [0.1, 0.15) is 0 Å². The molecule has 1 fully saturated rings. The van der Waals surface area contributed by atoms with Crippen molar-refractivity contribution in [1.29, 1.82) is 0 Å². The maximum atomic E-state index is 11.8. The van der Waals surface area contributed by atoms with E-state index in [1.54, 1.807) is 0 Å². The predicted molar refractivity (Wildman–Crippen MR) is 76.4 cm³/mol. The molecule has 0 radical (unpaired) electrons. The normalized spacial score (nSPS) is 17.9. The number of carbonyl (C=O) groups is 1. The Morgan fingerprint density at radius 2 is 2.30 bits per heavy atom. The summed E-state index contributed by atoms with van der Waals surface area (Å²) >= 11 is 0. The number of hydrogen-bond donors (Lipinski definition) is 2. The SMILES string of the molecule is Cc1cnn(CC(C)NCC(=O)NC2CCOCC2)c1. The van der Waals surface area contributed by atoms with Crippen molar-refractivity contribution in [2.45, 2.75) is 45.3 Å². The summed E-state index contributed by atoms with van der Waals surface area (Å²) in [6.45, 7) is 6.67. The Kier molecular flexibility index (Phi) is 5.55. The fourth-order valence-corrected chi connectivity index (χ4v) is 2.30. The van der Waals surface area contributed by atoms with Crippen molar-refractivity contribution < 1.29 is 9.53 Å². The minimum absolute atomic E-state index is 0.0559. The molecule has 2 rings (SSSR count). The van der Waals surface area contributed by atoms with E-state index in [1.165, 1.54) is 0 Å². The molecule has 1 amide bonds. The van der Waals surface area contributed by atoms with Gasteiger partial charge < -0.3 is 15.4 Å². The van der Waals surface area contributed by atoms with E-state index >= 15 is 0 Å². The minimum atomic E-state index is 0.0559. The molecular weight excluding hydrogens is 256 g/mol. The molecule has 0 aromatic carbocycles. The predicted octanol–water partition coefficient (Wildman–Crippen LogP) is 0.465. The molecule has 112 valence electrons. The lowest BCUT2D eigenvalue weighted by Gasteiger charge is -2.23. The van der Waals surface area contributed by atoms with Gasteiger partial charge in [0.05, 0.1) is 19.3 Å². The molecule has 0 aliphatic carbocycles. The largest absolute Gasteiger partial charge is 0.381 e. The number of carbonyl (C=O) groups excluding carboxylic acids is 1. The molecule has 0 bridgehead atoms. The van der Waals surface area contributed by atoms with Crippen molar-refractivity contribution in [1.82, 2.24) is 20.4 Å². The number of aryl methyl sites for hydroxylation is 1. The van der Waals surface area contributed by atoms with Crippen LogP contribution in [0.15, 0.2) is 12.4 Å². The second-order valence-corrected chi connectivity index (χ2v) is 5.48. The monoisotopic (exact) mass is 280 g/mol. The number of hydrogen-bond acceptors (Lipinski definition) is 4. The number of ether oxygens (including phenoxy) is 1. The molecule has 1 saturated heterocycles. The summed E-state index contributed by atoms with van der Waals surface area (Å²) in [5.74, 6) is 0.0559. The number of nitrogens with zero attached hydrogens (tertiary/aromatic N) is 2. The van der Waals surface area contributed by atoms with Gasteiger partial charge in [0.25, 0.3) is 0 Å². The highest BCUT2D eigenvalue weighted by Crippen LogP contribution is 2.05. The standard InChI is InChI=1S/C14H24N4O2/c1-11-7-16-18(9-11)10-12(2)15-8-14(19)17-13-3-5-20-6-4-13/h7,9,12-13,15H,3-6,8,10H2,1-2H3,(H,17,19). The van der Waals surface area contributed by atoms with Gasteiger partial charge in [-0.15, -0.1) is 0 Å². The van der Waals surface area contributed by atoms with Crippen molar-refractivity contribution in [2.24, 2.45) is 0 Å². The summed E-state index contributed by atoms with van der Waals surface area (Å²) in [4.78, 5) is 11.8. The fraction of sp³-hybridized carbons (Fsp3) is 0.714. The van der Waals surface area contributed by atoms with Gasteiger partial charge in [-0.25, -0.2) is 0 Å². The number of rotatable bonds is 6. The zero-order valence-electron chi connectivity index (χ0n) is 12.3. The number of nitrogens with one attached hydrogen (secondary N) is 2. The second-order valence-electron chi connectivity index (χ2n) is 5.48. The third-order valence-corrected chi connectivity index (χ3v) is 3.42. The van der Waals surface area contributed by atoms with Crippen molar-refractivity contribution in [3.05, 3.63) is 18.0 Å². The summed E-state index contributed by atoms with van der Waals surface area (Å²) < 4.78 is 7.16. The van der Waals surface area contributed by atoms with Crippen LogP contribution in [-0.4, -0.2) is 47.5 Å². The molecule has 1 unspecified atom stereocenters. The first kappa shape index (κ1) is 15.0. The van der Waals surface area contributed by atoms with Gasteiger partial charge in [0, 0.05) is 31.5 Å². The van der Waals surface area contributed by atoms with Gasteiger partial charge in [-0.3, -0.25) is 9.48 Å². The van der Waals surface area contributed by atoms with Gasteiger partial charge in [0.2, 0.25) is 5.91 Å². The highest BCUT2D eigenvalue weighted by molar-refractivity contribution is 5.78. The van der Waals surface area contributed by atoms with E-state index in [-0.39, 0.29) is 18.0 Å². The quantitative estimate of drug-likeness (QED) is 0.794. The first-order valence-electron chi connectivity index (χ1n) is 7.23. The molecule has 1 aromatic heterocycles. The second kappa shape index (κ2) is 7.40. The van der Waals surface area contributed by atoms with Gasteiger partial charge in [-0.1, -0.05) is 0 Å². The van der Waals surface area contributed by atoms with Gasteiger partial charge in [-0.2, -0.15) is 5.10 Å². The summed E-state index contributed by atoms with van der Waals surface area (Å²) in [5.41, 5.74) is 1.15. The molecule has 1 aromatic rings. The molecule has 1 aliphatic rings. The first-order valence-corrected chi connectivity index (χ1v) is 7.23. The molecule has 6 heteroatoms. The smallest absolute Gasteiger partial charge is 0.234 e. The first-order chi connectivity index (χ1) is 9.63. The summed E-state index contributed by atoms with van der Waals surface area (Å²) in [7, 11) is 0. The molecule has 1 atom stereocenters. The summed E-state index contributed by atoms with van der Waals surface area (Å²) in [6.07, 6.45) is 5.66. The van der Waals surface area contributed by atoms with Crippen LogP contribution in [0.5, 0.6) is 0 Å². The average Bonchev–Trinajstić information content (AvgIpc) is 2.83. The summed E-state index contributed by atoms with van der Waals surface area (Å²) in [5, 5.41) is 10.5. The Balaban J connectivity index is 1.64. The van der Waals surface area contributed by atoms with E-state index in [4.69, 9.17) is 4.74 Å². The van der Waals surface area contributed by atoms with Crippen LogP contribution in [-0.2, 0) is 16.1 Å². The fourth-order valence-electron chi connectivity index (χ4n) is 2.30.